The van der Waals surface area contributed by atoms with Crippen LogP contribution in [0.25, 0.3) is 0 Å². The summed E-state index contributed by atoms with van der Waals surface area (Å²) in [6.07, 6.45) is 2.28. The van der Waals surface area contributed by atoms with Gasteiger partial charge in [0.15, 0.2) is 17.5 Å². The number of rotatable bonds is 5. The van der Waals surface area contributed by atoms with Gasteiger partial charge in [0.1, 0.15) is 5.82 Å². The molecule has 1 aliphatic rings. The van der Waals surface area contributed by atoms with Crippen molar-refractivity contribution < 1.29 is 22.5 Å². The number of carbonyl (C=O) groups excluding carboxylic acids is 1. The second-order valence-electron chi connectivity index (χ2n) is 8.29. The quantitative estimate of drug-likeness (QED) is 0.662. The van der Waals surface area contributed by atoms with Crippen molar-refractivity contribution in [3.05, 3.63) is 23.7 Å². The van der Waals surface area contributed by atoms with Crippen molar-refractivity contribution in [3.63, 3.8) is 0 Å². The van der Waals surface area contributed by atoms with E-state index in [4.69, 9.17) is 9.26 Å². The molecular formula is C18H27N5O5S. The standard InChI is InChI=1S/C18H27N5O5S/c1-12-19-15(10-22(12)5)29(25,26)23-8-6-13(7-9-23)16(24)27-11-14-20-17(21-28-14)18(2,3)4/h10,13H,6-9,11H2,1-5H3. The average Bonchev–Trinajstić information content (AvgIpc) is 3.27. The maximum atomic E-state index is 12.7. The Bertz CT molecular complexity index is 961. The Hall–Kier alpha value is -2.27. The number of hydrogen-bond acceptors (Lipinski definition) is 8. The summed E-state index contributed by atoms with van der Waals surface area (Å²) in [5.41, 5.74) is -0.254. The number of imidazole rings is 1. The first-order valence-electron chi connectivity index (χ1n) is 9.48. The third-order valence-electron chi connectivity index (χ3n) is 4.95. The molecule has 10 nitrogen and oxygen atoms in total. The Kier molecular flexibility index (Phi) is 5.81. The molecule has 1 fully saturated rings. The molecular weight excluding hydrogens is 398 g/mol. The van der Waals surface area contributed by atoms with Crippen molar-refractivity contribution in [2.45, 2.75) is 57.6 Å². The van der Waals surface area contributed by atoms with Crippen molar-refractivity contribution in [2.24, 2.45) is 13.0 Å². The minimum atomic E-state index is -3.66. The van der Waals surface area contributed by atoms with Gasteiger partial charge in [-0.3, -0.25) is 4.79 Å². The molecule has 0 saturated carbocycles. The summed E-state index contributed by atoms with van der Waals surface area (Å²) in [5, 5.41) is 3.93. The first-order valence-corrected chi connectivity index (χ1v) is 10.9. The number of ether oxygens (including phenoxy) is 1. The molecule has 0 spiro atoms. The van der Waals surface area contributed by atoms with Crippen LogP contribution in [0.15, 0.2) is 15.7 Å². The number of sulfonamides is 1. The highest BCUT2D eigenvalue weighted by atomic mass is 32.2. The number of carbonyl (C=O) groups is 1. The summed E-state index contributed by atoms with van der Waals surface area (Å²) >= 11 is 0. The molecule has 2 aromatic heterocycles. The molecule has 0 N–H and O–H groups in total. The first kappa shape index (κ1) is 21.4. The van der Waals surface area contributed by atoms with Gasteiger partial charge in [-0.05, 0) is 19.8 Å². The zero-order chi connectivity index (χ0) is 21.4. The van der Waals surface area contributed by atoms with Crippen LogP contribution in [-0.2, 0) is 38.6 Å². The number of esters is 1. The SMILES string of the molecule is Cc1nc(S(=O)(=O)N2CCC(C(=O)OCc3nc(C(C)(C)C)no3)CC2)cn1C. The van der Waals surface area contributed by atoms with E-state index >= 15 is 0 Å². The van der Waals surface area contributed by atoms with Gasteiger partial charge >= 0.3 is 5.97 Å². The van der Waals surface area contributed by atoms with Crippen LogP contribution < -0.4 is 0 Å². The Morgan fingerprint density at radius 2 is 1.93 bits per heavy atom. The molecule has 2 aromatic rings. The highest BCUT2D eigenvalue weighted by Gasteiger charge is 2.34. The molecule has 29 heavy (non-hydrogen) atoms. The second-order valence-corrected chi connectivity index (χ2v) is 10.2. The molecule has 0 amide bonds. The Labute approximate surface area is 170 Å². The maximum Gasteiger partial charge on any atom is 0.309 e. The zero-order valence-corrected chi connectivity index (χ0v) is 18.2. The minimum Gasteiger partial charge on any atom is -0.455 e. The van der Waals surface area contributed by atoms with Crippen LogP contribution >= 0.6 is 0 Å². The van der Waals surface area contributed by atoms with Gasteiger partial charge in [-0.1, -0.05) is 25.9 Å². The van der Waals surface area contributed by atoms with Crippen LogP contribution in [-0.4, -0.2) is 51.5 Å². The van der Waals surface area contributed by atoms with Gasteiger partial charge in [-0.15, -0.1) is 0 Å². The molecule has 0 radical (unpaired) electrons. The molecule has 160 valence electrons. The lowest BCUT2D eigenvalue weighted by Gasteiger charge is -2.29. The summed E-state index contributed by atoms with van der Waals surface area (Å²) in [6, 6.07) is 0. The van der Waals surface area contributed by atoms with Gasteiger partial charge in [-0.2, -0.15) is 9.29 Å². The van der Waals surface area contributed by atoms with Gasteiger partial charge in [0.05, 0.1) is 5.92 Å². The largest absolute Gasteiger partial charge is 0.455 e. The van der Waals surface area contributed by atoms with E-state index in [2.05, 4.69) is 15.1 Å². The second kappa shape index (κ2) is 7.86. The topological polar surface area (TPSA) is 120 Å². The summed E-state index contributed by atoms with van der Waals surface area (Å²) < 4.78 is 38.9. The smallest absolute Gasteiger partial charge is 0.309 e. The van der Waals surface area contributed by atoms with E-state index in [9.17, 15) is 13.2 Å². The lowest BCUT2D eigenvalue weighted by Crippen LogP contribution is -2.40. The predicted molar refractivity (Wildman–Crippen MR) is 102 cm³/mol. The van der Waals surface area contributed by atoms with Crippen LogP contribution in [0.2, 0.25) is 0 Å². The van der Waals surface area contributed by atoms with E-state index in [1.165, 1.54) is 10.5 Å². The average molecular weight is 426 g/mol. The molecule has 0 aromatic carbocycles. The fourth-order valence-corrected chi connectivity index (χ4v) is 4.48. The summed E-state index contributed by atoms with van der Waals surface area (Å²) in [6.45, 7) is 8.02. The highest BCUT2D eigenvalue weighted by molar-refractivity contribution is 7.89. The zero-order valence-electron chi connectivity index (χ0n) is 17.4. The van der Waals surface area contributed by atoms with E-state index in [1.54, 1.807) is 18.5 Å². The molecule has 0 bridgehead atoms. The fourth-order valence-electron chi connectivity index (χ4n) is 2.98. The van der Waals surface area contributed by atoms with E-state index in [0.717, 1.165) is 0 Å². The molecule has 0 aliphatic carbocycles. The minimum absolute atomic E-state index is 0.0320. The van der Waals surface area contributed by atoms with Gasteiger partial charge in [0.25, 0.3) is 15.9 Å². The van der Waals surface area contributed by atoms with E-state index in [-0.39, 0.29) is 47.9 Å². The lowest BCUT2D eigenvalue weighted by molar-refractivity contribution is -0.152. The van der Waals surface area contributed by atoms with Gasteiger partial charge in [-0.25, -0.2) is 13.4 Å². The van der Waals surface area contributed by atoms with Gasteiger partial charge in [0.2, 0.25) is 0 Å². The third kappa shape index (κ3) is 4.67. The van der Waals surface area contributed by atoms with Crippen molar-refractivity contribution in [1.29, 1.82) is 0 Å². The maximum absolute atomic E-state index is 12.7. The summed E-state index contributed by atoms with van der Waals surface area (Å²) in [5.74, 6) is 0.668. The highest BCUT2D eigenvalue weighted by Crippen LogP contribution is 2.25. The Morgan fingerprint density at radius 1 is 1.28 bits per heavy atom. The number of nitrogens with zero attached hydrogens (tertiary/aromatic N) is 5. The first-order chi connectivity index (χ1) is 13.5. The van der Waals surface area contributed by atoms with Crippen LogP contribution in [0, 0.1) is 12.8 Å². The number of hydrogen-bond donors (Lipinski definition) is 0. The lowest BCUT2D eigenvalue weighted by atomic mass is 9.96. The van der Waals surface area contributed by atoms with Crippen molar-refractivity contribution in [2.75, 3.05) is 13.1 Å². The number of aryl methyl sites for hydroxylation is 2. The van der Waals surface area contributed by atoms with Crippen molar-refractivity contribution in [3.8, 4) is 0 Å². The Morgan fingerprint density at radius 3 is 2.45 bits per heavy atom. The number of piperidine rings is 1. The molecule has 1 saturated heterocycles. The van der Waals surface area contributed by atoms with Gasteiger partial charge in [0, 0.05) is 31.7 Å². The molecule has 0 atom stereocenters. The van der Waals surface area contributed by atoms with Crippen LogP contribution in [0.5, 0.6) is 0 Å². The van der Waals surface area contributed by atoms with Crippen molar-refractivity contribution >= 4 is 16.0 Å². The molecule has 3 rings (SSSR count). The fraction of sp³-hybridized carbons (Fsp3) is 0.667. The number of aromatic nitrogens is 4. The molecule has 3 heterocycles. The summed E-state index contributed by atoms with van der Waals surface area (Å²) in [4.78, 5) is 20.7. The van der Waals surface area contributed by atoms with E-state index < -0.39 is 10.0 Å². The Balaban J connectivity index is 1.53. The monoisotopic (exact) mass is 425 g/mol. The predicted octanol–water partition coefficient (Wildman–Crippen LogP) is 1.55. The van der Waals surface area contributed by atoms with Gasteiger partial charge < -0.3 is 13.8 Å². The van der Waals surface area contributed by atoms with Crippen LogP contribution in [0.3, 0.4) is 0 Å². The molecule has 0 unspecified atom stereocenters. The van der Waals surface area contributed by atoms with Crippen LogP contribution in [0.1, 0.15) is 51.2 Å². The summed E-state index contributed by atoms with van der Waals surface area (Å²) in [7, 11) is -1.92. The normalized spacial score (nSPS) is 16.9. The van der Waals surface area contributed by atoms with E-state index in [0.29, 0.717) is 24.5 Å². The van der Waals surface area contributed by atoms with Crippen molar-refractivity contribution in [1.82, 2.24) is 24.0 Å². The van der Waals surface area contributed by atoms with Crippen LogP contribution in [0.4, 0.5) is 0 Å². The van der Waals surface area contributed by atoms with E-state index in [1.807, 2.05) is 20.8 Å². The molecule has 11 heteroatoms. The molecule has 1 aliphatic heterocycles. The third-order valence-corrected chi connectivity index (χ3v) is 6.73.